The third-order valence-corrected chi connectivity index (χ3v) is 6.80. The Hall–Kier alpha value is -2.83. The lowest BCUT2D eigenvalue weighted by molar-refractivity contribution is 0.118. The highest BCUT2D eigenvalue weighted by molar-refractivity contribution is 5.74. The van der Waals surface area contributed by atoms with Gasteiger partial charge in [0.2, 0.25) is 0 Å². The van der Waals surface area contributed by atoms with E-state index in [0.717, 1.165) is 30.5 Å². The number of allylic oxidation sites excluding steroid dienone is 1. The molecule has 1 N–H and O–H groups in total. The van der Waals surface area contributed by atoms with Gasteiger partial charge in [-0.2, -0.15) is 10.2 Å². The molecule has 1 aliphatic carbocycles. The van der Waals surface area contributed by atoms with E-state index in [4.69, 9.17) is 0 Å². The predicted molar refractivity (Wildman–Crippen MR) is 122 cm³/mol. The summed E-state index contributed by atoms with van der Waals surface area (Å²) in [6.45, 7) is 13.6. The fraction of sp³-hybridized carbons (Fsp3) is 0.480. The van der Waals surface area contributed by atoms with Crippen LogP contribution in [0.5, 0.6) is 0 Å². The van der Waals surface area contributed by atoms with Crippen LogP contribution in [0.3, 0.4) is 0 Å². The van der Waals surface area contributed by atoms with Crippen molar-refractivity contribution in [1.82, 2.24) is 20.4 Å². The number of nitrogens with one attached hydrogen (secondary N) is 1. The Morgan fingerprint density at radius 1 is 1.28 bits per heavy atom. The van der Waals surface area contributed by atoms with Crippen LogP contribution in [0.25, 0.3) is 11.3 Å². The Kier molecular flexibility index (Phi) is 6.96. The first-order chi connectivity index (χ1) is 15.2. The molecule has 1 aliphatic rings. The Balaban J connectivity index is 2.14. The molecule has 3 rings (SSSR count). The lowest BCUT2D eigenvalue weighted by atomic mass is 9.57. The van der Waals surface area contributed by atoms with Crippen LogP contribution in [0.1, 0.15) is 51.8 Å². The average molecular weight is 443 g/mol. The molecule has 7 heteroatoms. The fourth-order valence-corrected chi connectivity index (χ4v) is 4.68. The van der Waals surface area contributed by atoms with Crippen molar-refractivity contribution in [3.63, 3.8) is 0 Å². The number of halogens is 2. The van der Waals surface area contributed by atoms with Crippen LogP contribution in [-0.4, -0.2) is 40.8 Å². The Labute approximate surface area is 188 Å². The summed E-state index contributed by atoms with van der Waals surface area (Å²) in [4.78, 5) is 14.5. The van der Waals surface area contributed by atoms with E-state index >= 15 is 0 Å². The average Bonchev–Trinajstić information content (AvgIpc) is 2.77. The summed E-state index contributed by atoms with van der Waals surface area (Å²) in [7, 11) is 0. The third kappa shape index (κ3) is 4.12. The molecule has 5 nitrogen and oxygen atoms in total. The van der Waals surface area contributed by atoms with E-state index in [2.05, 4.69) is 35.9 Å². The number of amides is 2. The highest BCUT2D eigenvalue weighted by Gasteiger charge is 2.50. The maximum atomic E-state index is 14.4. The van der Waals surface area contributed by atoms with Gasteiger partial charge in [-0.3, -0.25) is 0 Å². The summed E-state index contributed by atoms with van der Waals surface area (Å²) in [6.07, 6.45) is 4.30. The van der Waals surface area contributed by atoms with Crippen LogP contribution in [0.2, 0.25) is 0 Å². The SMILES string of the molecule is C=CC(C)(C)C1(CN(CC)C(=O)NCC)CCCc2cc(-c3c(F)cccc3F)nnc21. The molecule has 1 aromatic heterocycles. The highest BCUT2D eigenvalue weighted by atomic mass is 19.1. The number of urea groups is 1. The molecule has 2 aromatic rings. The van der Waals surface area contributed by atoms with Crippen LogP contribution in [0.4, 0.5) is 13.6 Å². The van der Waals surface area contributed by atoms with Crippen molar-refractivity contribution < 1.29 is 13.6 Å². The molecule has 172 valence electrons. The number of carbonyl (C=O) groups is 1. The first-order valence-electron chi connectivity index (χ1n) is 11.2. The normalized spacial score (nSPS) is 18.1. The molecule has 1 atom stereocenters. The number of carbonyl (C=O) groups excluding carboxylic acids is 1. The number of nitrogens with zero attached hydrogens (tertiary/aromatic N) is 3. The Morgan fingerprint density at radius 2 is 1.97 bits per heavy atom. The second-order valence-corrected chi connectivity index (χ2v) is 8.91. The molecule has 0 bridgehead atoms. The van der Waals surface area contributed by atoms with Gasteiger partial charge in [0.05, 0.1) is 17.0 Å². The largest absolute Gasteiger partial charge is 0.338 e. The molecule has 1 aromatic carbocycles. The highest BCUT2D eigenvalue weighted by Crippen LogP contribution is 2.50. The van der Waals surface area contributed by atoms with Crippen LogP contribution in [-0.2, 0) is 11.8 Å². The van der Waals surface area contributed by atoms with Gasteiger partial charge in [0.15, 0.2) is 0 Å². The molecule has 0 saturated carbocycles. The molecule has 0 spiro atoms. The van der Waals surface area contributed by atoms with Gasteiger partial charge in [-0.15, -0.1) is 6.58 Å². The molecule has 0 fully saturated rings. The number of likely N-dealkylation sites (N-methyl/N-ethyl adjacent to an activating group) is 1. The number of hydrogen-bond donors (Lipinski definition) is 1. The van der Waals surface area contributed by atoms with Crippen molar-refractivity contribution in [3.05, 3.63) is 59.8 Å². The standard InChI is InChI=1S/C25H32F2N4O/c1-6-24(4,5)25(16-31(8-3)23(32)28-7-2)14-10-11-17-15-20(29-30-22(17)25)21-18(26)12-9-13-19(21)27/h6,9,12-13,15H,1,7-8,10-11,14,16H2,2-5H3,(H,28,32). The maximum absolute atomic E-state index is 14.4. The van der Waals surface area contributed by atoms with E-state index in [0.29, 0.717) is 19.6 Å². The van der Waals surface area contributed by atoms with Gasteiger partial charge in [0.25, 0.3) is 0 Å². The molecular weight excluding hydrogens is 410 g/mol. The quantitative estimate of drug-likeness (QED) is 0.595. The molecule has 0 saturated heterocycles. The van der Waals surface area contributed by atoms with E-state index in [1.807, 2.05) is 19.9 Å². The molecule has 2 amide bonds. The maximum Gasteiger partial charge on any atom is 0.317 e. The number of fused-ring (bicyclic) bond motifs is 1. The number of benzene rings is 1. The molecular formula is C25H32F2N4O. The van der Waals surface area contributed by atoms with Crippen molar-refractivity contribution in [2.75, 3.05) is 19.6 Å². The van der Waals surface area contributed by atoms with E-state index in [1.54, 1.807) is 11.0 Å². The molecule has 32 heavy (non-hydrogen) atoms. The summed E-state index contributed by atoms with van der Waals surface area (Å²) >= 11 is 0. The van der Waals surface area contributed by atoms with E-state index in [9.17, 15) is 13.6 Å². The first kappa shape index (κ1) is 23.8. The first-order valence-corrected chi connectivity index (χ1v) is 11.2. The minimum atomic E-state index is -0.666. The van der Waals surface area contributed by atoms with Crippen LogP contribution in [0, 0.1) is 17.0 Å². The smallest absolute Gasteiger partial charge is 0.317 e. The number of aryl methyl sites for hydroxylation is 1. The van der Waals surface area contributed by atoms with Gasteiger partial charge in [-0.25, -0.2) is 13.6 Å². The summed E-state index contributed by atoms with van der Waals surface area (Å²) in [6, 6.07) is 5.39. The van der Waals surface area contributed by atoms with Gasteiger partial charge >= 0.3 is 6.03 Å². The molecule has 0 aliphatic heterocycles. The van der Waals surface area contributed by atoms with E-state index in [1.165, 1.54) is 18.2 Å². The monoisotopic (exact) mass is 442 g/mol. The van der Waals surface area contributed by atoms with Crippen molar-refractivity contribution >= 4 is 6.03 Å². The molecule has 1 heterocycles. The van der Waals surface area contributed by atoms with E-state index < -0.39 is 22.5 Å². The Bertz CT molecular complexity index is 987. The third-order valence-electron chi connectivity index (χ3n) is 6.80. The van der Waals surface area contributed by atoms with Crippen LogP contribution in [0.15, 0.2) is 36.9 Å². The van der Waals surface area contributed by atoms with Gasteiger partial charge in [-0.05, 0) is 62.3 Å². The topological polar surface area (TPSA) is 58.1 Å². The zero-order valence-corrected chi connectivity index (χ0v) is 19.3. The minimum Gasteiger partial charge on any atom is -0.338 e. The summed E-state index contributed by atoms with van der Waals surface area (Å²) in [5, 5.41) is 11.7. The number of aromatic nitrogens is 2. The zero-order chi connectivity index (χ0) is 23.5. The molecule has 1 unspecified atom stereocenters. The number of rotatable bonds is 7. The fourth-order valence-electron chi connectivity index (χ4n) is 4.68. The van der Waals surface area contributed by atoms with Gasteiger partial charge in [0, 0.05) is 25.0 Å². The lowest BCUT2D eigenvalue weighted by Crippen LogP contribution is -2.55. The number of hydrogen-bond acceptors (Lipinski definition) is 3. The minimum absolute atomic E-state index is 0.126. The Morgan fingerprint density at radius 3 is 2.56 bits per heavy atom. The zero-order valence-electron chi connectivity index (χ0n) is 19.3. The second-order valence-electron chi connectivity index (χ2n) is 8.91. The predicted octanol–water partition coefficient (Wildman–Crippen LogP) is 5.26. The van der Waals surface area contributed by atoms with Crippen LogP contribution < -0.4 is 5.32 Å². The van der Waals surface area contributed by atoms with Crippen molar-refractivity contribution in [3.8, 4) is 11.3 Å². The second kappa shape index (κ2) is 9.35. The summed E-state index contributed by atoms with van der Waals surface area (Å²) < 4.78 is 28.7. The molecule has 0 radical (unpaired) electrons. The van der Waals surface area contributed by atoms with Gasteiger partial charge in [0.1, 0.15) is 11.6 Å². The van der Waals surface area contributed by atoms with Crippen LogP contribution >= 0.6 is 0 Å². The van der Waals surface area contributed by atoms with E-state index in [-0.39, 0.29) is 17.3 Å². The van der Waals surface area contributed by atoms with Crippen molar-refractivity contribution in [2.24, 2.45) is 5.41 Å². The van der Waals surface area contributed by atoms with Crippen molar-refractivity contribution in [1.29, 1.82) is 0 Å². The van der Waals surface area contributed by atoms with Crippen molar-refractivity contribution in [2.45, 2.75) is 52.4 Å². The van der Waals surface area contributed by atoms with Gasteiger partial charge < -0.3 is 10.2 Å². The summed E-state index contributed by atoms with van der Waals surface area (Å²) in [5.41, 5.74) is 0.773. The van der Waals surface area contributed by atoms with Gasteiger partial charge in [-0.1, -0.05) is 26.0 Å². The lowest BCUT2D eigenvalue weighted by Gasteiger charge is -2.49. The summed E-state index contributed by atoms with van der Waals surface area (Å²) in [5.74, 6) is -1.33.